The molecule has 4 nitrogen and oxygen atoms in total. The second-order valence-electron chi connectivity index (χ2n) is 2.84. The molecule has 13 heavy (non-hydrogen) atoms. The Balaban J connectivity index is 2.75. The predicted molar refractivity (Wildman–Crippen MR) is 58.1 cm³/mol. The van der Waals surface area contributed by atoms with E-state index in [2.05, 4.69) is 0 Å². The monoisotopic (exact) mass is 315 g/mol. The van der Waals surface area contributed by atoms with Crippen LogP contribution >= 0.6 is 22.6 Å². The van der Waals surface area contributed by atoms with Crippen LogP contribution in [0.5, 0.6) is 0 Å². The van der Waals surface area contributed by atoms with Crippen molar-refractivity contribution in [2.45, 2.75) is 6.04 Å². The molecule has 0 radical (unpaired) electrons. The van der Waals surface area contributed by atoms with Gasteiger partial charge in [0.25, 0.3) is 0 Å². The second kappa shape index (κ2) is 3.97. The standard InChI is InChI=1S/C7H10INO3S/c1-13(10,11)4-5(9)6-2-3-7(8)12-6/h2-3,5H,4,9H2,1H3. The summed E-state index contributed by atoms with van der Waals surface area (Å²) in [6.45, 7) is 0. The molecule has 1 rings (SSSR count). The number of furan rings is 1. The molecule has 1 atom stereocenters. The molecule has 1 aromatic heterocycles. The van der Waals surface area contributed by atoms with Gasteiger partial charge in [0.05, 0.1) is 11.8 Å². The van der Waals surface area contributed by atoms with E-state index in [0.29, 0.717) is 9.53 Å². The van der Waals surface area contributed by atoms with Crippen LogP contribution in [0.3, 0.4) is 0 Å². The Bertz CT molecular complexity index is 384. The van der Waals surface area contributed by atoms with Crippen molar-refractivity contribution in [1.29, 1.82) is 0 Å². The van der Waals surface area contributed by atoms with E-state index in [1.807, 2.05) is 22.6 Å². The number of halogens is 1. The highest BCUT2D eigenvalue weighted by atomic mass is 127. The van der Waals surface area contributed by atoms with Gasteiger partial charge in [-0.25, -0.2) is 8.42 Å². The first-order valence-electron chi connectivity index (χ1n) is 3.57. The van der Waals surface area contributed by atoms with Gasteiger partial charge in [-0.2, -0.15) is 0 Å². The van der Waals surface area contributed by atoms with Crippen LogP contribution in [-0.2, 0) is 9.84 Å². The summed E-state index contributed by atoms with van der Waals surface area (Å²) in [5, 5.41) is 0. The quantitative estimate of drug-likeness (QED) is 0.842. The van der Waals surface area contributed by atoms with Crippen LogP contribution in [0.1, 0.15) is 11.8 Å². The lowest BCUT2D eigenvalue weighted by Crippen LogP contribution is -2.20. The largest absolute Gasteiger partial charge is 0.454 e. The summed E-state index contributed by atoms with van der Waals surface area (Å²) in [6, 6.07) is 2.87. The average Bonchev–Trinajstić information content (AvgIpc) is 2.31. The van der Waals surface area contributed by atoms with Crippen LogP contribution in [0.15, 0.2) is 16.5 Å². The van der Waals surface area contributed by atoms with Crippen LogP contribution < -0.4 is 5.73 Å². The average molecular weight is 315 g/mol. The van der Waals surface area contributed by atoms with Gasteiger partial charge in [0.2, 0.25) is 0 Å². The molecule has 1 aromatic rings. The number of nitrogens with two attached hydrogens (primary N) is 1. The molecule has 1 unspecified atom stereocenters. The van der Waals surface area contributed by atoms with Gasteiger partial charge in [-0.15, -0.1) is 0 Å². The molecule has 0 aromatic carbocycles. The number of sulfone groups is 1. The topological polar surface area (TPSA) is 73.3 Å². The molecular weight excluding hydrogens is 305 g/mol. The van der Waals surface area contributed by atoms with Crippen molar-refractivity contribution in [3.63, 3.8) is 0 Å². The summed E-state index contributed by atoms with van der Waals surface area (Å²) < 4.78 is 27.7. The highest BCUT2D eigenvalue weighted by Gasteiger charge is 2.15. The molecular formula is C7H10INO3S. The second-order valence-corrected chi connectivity index (χ2v) is 6.09. The first-order chi connectivity index (χ1) is 5.88. The van der Waals surface area contributed by atoms with E-state index in [-0.39, 0.29) is 5.75 Å². The molecule has 0 aliphatic rings. The zero-order chi connectivity index (χ0) is 10.1. The third kappa shape index (κ3) is 3.65. The van der Waals surface area contributed by atoms with E-state index in [0.717, 1.165) is 6.26 Å². The van der Waals surface area contributed by atoms with Crippen LogP contribution in [0.25, 0.3) is 0 Å². The lowest BCUT2D eigenvalue weighted by molar-refractivity contribution is 0.458. The Morgan fingerprint density at radius 1 is 1.62 bits per heavy atom. The summed E-state index contributed by atoms with van der Waals surface area (Å²) >= 11 is 2.00. The van der Waals surface area contributed by atoms with Gasteiger partial charge in [-0.1, -0.05) is 0 Å². The van der Waals surface area contributed by atoms with Gasteiger partial charge >= 0.3 is 0 Å². The molecule has 0 aliphatic heterocycles. The lowest BCUT2D eigenvalue weighted by Gasteiger charge is -2.05. The minimum atomic E-state index is -3.05. The van der Waals surface area contributed by atoms with Gasteiger partial charge in [-0.3, -0.25) is 0 Å². The summed E-state index contributed by atoms with van der Waals surface area (Å²) in [6.07, 6.45) is 1.15. The number of rotatable bonds is 3. The van der Waals surface area contributed by atoms with Crippen LogP contribution in [0, 0.1) is 3.77 Å². The van der Waals surface area contributed by atoms with E-state index >= 15 is 0 Å². The molecule has 0 fully saturated rings. The molecule has 0 bridgehead atoms. The minimum Gasteiger partial charge on any atom is -0.454 e. The summed E-state index contributed by atoms with van der Waals surface area (Å²) in [5.41, 5.74) is 5.62. The molecule has 1 heterocycles. The summed E-state index contributed by atoms with van der Waals surface area (Å²) in [5.74, 6) is 0.422. The summed E-state index contributed by atoms with van der Waals surface area (Å²) in [4.78, 5) is 0. The van der Waals surface area contributed by atoms with Crippen molar-refractivity contribution in [2.75, 3.05) is 12.0 Å². The van der Waals surface area contributed by atoms with Gasteiger partial charge in [-0.05, 0) is 34.7 Å². The molecule has 0 saturated heterocycles. The van der Waals surface area contributed by atoms with Crippen molar-refractivity contribution < 1.29 is 12.8 Å². The fourth-order valence-electron chi connectivity index (χ4n) is 0.936. The van der Waals surface area contributed by atoms with Gasteiger partial charge < -0.3 is 10.2 Å². The van der Waals surface area contributed by atoms with E-state index in [1.54, 1.807) is 12.1 Å². The van der Waals surface area contributed by atoms with E-state index in [4.69, 9.17) is 10.2 Å². The zero-order valence-corrected chi connectivity index (χ0v) is 10.0. The maximum atomic E-state index is 10.9. The van der Waals surface area contributed by atoms with Crippen molar-refractivity contribution in [3.05, 3.63) is 21.7 Å². The molecule has 74 valence electrons. The van der Waals surface area contributed by atoms with Gasteiger partial charge in [0.1, 0.15) is 15.6 Å². The number of hydrogen-bond donors (Lipinski definition) is 1. The highest BCUT2D eigenvalue weighted by molar-refractivity contribution is 14.1. The Hall–Kier alpha value is -0.0800. The third-order valence-corrected chi connectivity index (χ3v) is 2.99. The fourth-order valence-corrected chi connectivity index (χ4v) is 2.19. The Morgan fingerprint density at radius 2 is 2.23 bits per heavy atom. The smallest absolute Gasteiger partial charge is 0.164 e. The molecule has 0 amide bonds. The first kappa shape index (κ1) is 11.0. The molecule has 0 aliphatic carbocycles. The third-order valence-electron chi connectivity index (χ3n) is 1.44. The molecule has 0 saturated carbocycles. The normalized spacial score (nSPS) is 14.4. The highest BCUT2D eigenvalue weighted by Crippen LogP contribution is 2.17. The van der Waals surface area contributed by atoms with Crippen molar-refractivity contribution in [3.8, 4) is 0 Å². The van der Waals surface area contributed by atoms with E-state index in [1.165, 1.54) is 0 Å². The van der Waals surface area contributed by atoms with Crippen LogP contribution in [0.2, 0.25) is 0 Å². The number of hydrogen-bond acceptors (Lipinski definition) is 4. The van der Waals surface area contributed by atoms with Gasteiger partial charge in [0, 0.05) is 6.26 Å². The van der Waals surface area contributed by atoms with Gasteiger partial charge in [0.15, 0.2) is 3.77 Å². The Morgan fingerprint density at radius 3 is 2.62 bits per heavy atom. The first-order valence-corrected chi connectivity index (χ1v) is 6.71. The minimum absolute atomic E-state index is 0.0867. The summed E-state index contributed by atoms with van der Waals surface area (Å²) in [7, 11) is -3.05. The molecule has 2 N–H and O–H groups in total. The fraction of sp³-hybridized carbons (Fsp3) is 0.429. The lowest BCUT2D eigenvalue weighted by atomic mass is 10.3. The van der Waals surface area contributed by atoms with Crippen molar-refractivity contribution >= 4 is 32.4 Å². The molecule has 6 heteroatoms. The van der Waals surface area contributed by atoms with Crippen molar-refractivity contribution in [1.82, 2.24) is 0 Å². The van der Waals surface area contributed by atoms with E-state index < -0.39 is 15.9 Å². The van der Waals surface area contributed by atoms with Crippen LogP contribution in [0.4, 0.5) is 0 Å². The molecule has 0 spiro atoms. The van der Waals surface area contributed by atoms with Crippen LogP contribution in [-0.4, -0.2) is 20.4 Å². The maximum absolute atomic E-state index is 10.9. The van der Waals surface area contributed by atoms with E-state index in [9.17, 15) is 8.42 Å². The zero-order valence-electron chi connectivity index (χ0n) is 7.03. The SMILES string of the molecule is CS(=O)(=O)CC(N)c1ccc(I)o1. The Labute approximate surface area is 90.5 Å². The maximum Gasteiger partial charge on any atom is 0.164 e. The Kier molecular flexibility index (Phi) is 3.36. The van der Waals surface area contributed by atoms with Crippen molar-refractivity contribution in [2.24, 2.45) is 5.73 Å². The predicted octanol–water partition coefficient (Wildman–Crippen LogP) is 0.929.